The molecule has 0 atom stereocenters. The maximum absolute atomic E-state index is 13.0. The van der Waals surface area contributed by atoms with Crippen LogP contribution in [0.1, 0.15) is 10.4 Å². The van der Waals surface area contributed by atoms with Crippen molar-refractivity contribution in [3.8, 4) is 0 Å². The standard InChI is InChI=1S/C12H10BrClFNO2S2/c1-7-11(5-12(13)19-7)20(17,18)16-6-8-2-3-10(15)9(14)4-8/h2-5,16H,6H2,1H3. The van der Waals surface area contributed by atoms with Crippen molar-refractivity contribution >= 4 is 48.9 Å². The van der Waals surface area contributed by atoms with E-state index in [1.807, 2.05) is 0 Å². The minimum absolute atomic E-state index is 0.0313. The zero-order valence-corrected chi connectivity index (χ0v) is 14.3. The molecule has 8 heteroatoms. The van der Waals surface area contributed by atoms with Crippen molar-refractivity contribution in [2.75, 3.05) is 0 Å². The van der Waals surface area contributed by atoms with Gasteiger partial charge in [-0.2, -0.15) is 0 Å². The maximum Gasteiger partial charge on any atom is 0.242 e. The third-order valence-corrected chi connectivity index (χ3v) is 6.08. The smallest absolute Gasteiger partial charge is 0.207 e. The fourth-order valence-electron chi connectivity index (χ4n) is 1.60. The van der Waals surface area contributed by atoms with E-state index in [0.717, 1.165) is 3.79 Å². The first-order chi connectivity index (χ1) is 9.29. The molecule has 1 aromatic carbocycles. The molecule has 0 amide bonds. The van der Waals surface area contributed by atoms with Gasteiger partial charge in [0.1, 0.15) is 5.82 Å². The SMILES string of the molecule is Cc1sc(Br)cc1S(=O)(=O)NCc1ccc(F)c(Cl)c1. The summed E-state index contributed by atoms with van der Waals surface area (Å²) in [4.78, 5) is 0.934. The van der Waals surface area contributed by atoms with Crippen LogP contribution in [0.2, 0.25) is 5.02 Å². The zero-order valence-electron chi connectivity index (χ0n) is 10.3. The van der Waals surface area contributed by atoms with Crippen LogP contribution in [0.15, 0.2) is 32.9 Å². The lowest BCUT2D eigenvalue weighted by Gasteiger charge is -2.07. The summed E-state index contributed by atoms with van der Waals surface area (Å²) < 4.78 is 40.6. The summed E-state index contributed by atoms with van der Waals surface area (Å²) in [6, 6.07) is 5.65. The Balaban J connectivity index is 2.17. The maximum atomic E-state index is 13.0. The monoisotopic (exact) mass is 397 g/mol. The lowest BCUT2D eigenvalue weighted by atomic mass is 10.2. The zero-order chi connectivity index (χ0) is 14.9. The van der Waals surface area contributed by atoms with Crippen molar-refractivity contribution in [1.29, 1.82) is 0 Å². The molecule has 1 heterocycles. The molecule has 20 heavy (non-hydrogen) atoms. The van der Waals surface area contributed by atoms with E-state index in [-0.39, 0.29) is 16.5 Å². The molecule has 0 bridgehead atoms. The summed E-state index contributed by atoms with van der Waals surface area (Å²) in [5.74, 6) is -0.532. The van der Waals surface area contributed by atoms with E-state index in [2.05, 4.69) is 20.7 Å². The summed E-state index contributed by atoms with van der Waals surface area (Å²) in [5.41, 5.74) is 0.590. The quantitative estimate of drug-likeness (QED) is 0.843. The molecule has 0 aliphatic heterocycles. The van der Waals surface area contributed by atoms with E-state index in [4.69, 9.17) is 11.6 Å². The number of benzene rings is 1. The molecule has 1 aromatic heterocycles. The van der Waals surface area contributed by atoms with Crippen LogP contribution in [-0.2, 0) is 16.6 Å². The van der Waals surface area contributed by atoms with E-state index in [0.29, 0.717) is 10.4 Å². The fraction of sp³-hybridized carbons (Fsp3) is 0.167. The van der Waals surface area contributed by atoms with Gasteiger partial charge >= 0.3 is 0 Å². The van der Waals surface area contributed by atoms with Crippen molar-refractivity contribution in [3.63, 3.8) is 0 Å². The predicted molar refractivity (Wildman–Crippen MR) is 82.2 cm³/mol. The van der Waals surface area contributed by atoms with Crippen molar-refractivity contribution in [2.45, 2.75) is 18.4 Å². The van der Waals surface area contributed by atoms with Crippen LogP contribution >= 0.6 is 38.9 Å². The molecule has 3 nitrogen and oxygen atoms in total. The van der Waals surface area contributed by atoms with Gasteiger partial charge in [0.15, 0.2) is 0 Å². The van der Waals surface area contributed by atoms with Gasteiger partial charge in [0.25, 0.3) is 0 Å². The number of hydrogen-bond donors (Lipinski definition) is 1. The van der Waals surface area contributed by atoms with Crippen LogP contribution < -0.4 is 4.72 Å². The summed E-state index contributed by atoms with van der Waals surface area (Å²) in [5, 5.41) is -0.0313. The molecule has 2 rings (SSSR count). The van der Waals surface area contributed by atoms with Crippen molar-refractivity contribution in [1.82, 2.24) is 4.72 Å². The Labute approximate surface area is 134 Å². The summed E-state index contributed by atoms with van der Waals surface area (Å²) in [6.45, 7) is 1.79. The van der Waals surface area contributed by atoms with Crippen LogP contribution in [0.4, 0.5) is 4.39 Å². The Kier molecular flexibility index (Phi) is 4.86. The first kappa shape index (κ1) is 15.9. The molecule has 0 saturated carbocycles. The molecule has 0 aliphatic rings. The van der Waals surface area contributed by atoms with E-state index < -0.39 is 15.8 Å². The number of aryl methyl sites for hydroxylation is 1. The molecule has 1 N–H and O–H groups in total. The second kappa shape index (κ2) is 6.11. The molecule has 0 spiro atoms. The van der Waals surface area contributed by atoms with E-state index >= 15 is 0 Å². The van der Waals surface area contributed by atoms with Crippen molar-refractivity contribution in [3.05, 3.63) is 49.3 Å². The third kappa shape index (κ3) is 3.59. The number of nitrogens with one attached hydrogen (secondary N) is 1. The molecule has 0 unspecified atom stereocenters. The Morgan fingerprint density at radius 3 is 2.65 bits per heavy atom. The highest BCUT2D eigenvalue weighted by molar-refractivity contribution is 9.11. The summed E-state index contributed by atoms with van der Waals surface area (Å²) in [7, 11) is -3.60. The lowest BCUT2D eigenvalue weighted by molar-refractivity contribution is 0.581. The Hall–Kier alpha value is -0.470. The first-order valence-electron chi connectivity index (χ1n) is 5.49. The van der Waals surface area contributed by atoms with Gasteiger partial charge in [-0.05, 0) is 46.6 Å². The van der Waals surface area contributed by atoms with Gasteiger partial charge in [-0.15, -0.1) is 11.3 Å². The van der Waals surface area contributed by atoms with Gasteiger partial charge in [-0.25, -0.2) is 17.5 Å². The molecule has 2 aromatic rings. The van der Waals surface area contributed by atoms with Crippen LogP contribution in [-0.4, -0.2) is 8.42 Å². The Morgan fingerprint density at radius 1 is 1.40 bits per heavy atom. The number of thiophene rings is 1. The second-order valence-corrected chi connectivity index (χ2v) is 8.82. The average Bonchev–Trinajstić information content (AvgIpc) is 2.71. The van der Waals surface area contributed by atoms with E-state index in [1.165, 1.54) is 29.5 Å². The molecule has 108 valence electrons. The molecule has 0 radical (unpaired) electrons. The molecule has 0 saturated heterocycles. The van der Waals surface area contributed by atoms with Gasteiger partial charge in [-0.3, -0.25) is 0 Å². The molecule has 0 aliphatic carbocycles. The van der Waals surface area contributed by atoms with E-state index in [1.54, 1.807) is 13.0 Å². The minimum atomic E-state index is -3.60. The Bertz CT molecular complexity index is 746. The number of rotatable bonds is 4. The van der Waals surface area contributed by atoms with Crippen molar-refractivity contribution in [2.24, 2.45) is 0 Å². The highest BCUT2D eigenvalue weighted by Gasteiger charge is 2.19. The van der Waals surface area contributed by atoms with Gasteiger partial charge in [0, 0.05) is 11.4 Å². The lowest BCUT2D eigenvalue weighted by Crippen LogP contribution is -2.23. The third-order valence-electron chi connectivity index (χ3n) is 2.58. The minimum Gasteiger partial charge on any atom is -0.207 e. The largest absolute Gasteiger partial charge is 0.242 e. The van der Waals surface area contributed by atoms with Gasteiger partial charge < -0.3 is 0 Å². The highest BCUT2D eigenvalue weighted by atomic mass is 79.9. The summed E-state index contributed by atoms with van der Waals surface area (Å²) >= 11 is 10.3. The molecular formula is C12H10BrClFNO2S2. The second-order valence-electron chi connectivity index (χ2n) is 4.04. The number of halogens is 3. The van der Waals surface area contributed by atoms with Gasteiger partial charge in [-0.1, -0.05) is 17.7 Å². The normalized spacial score (nSPS) is 11.8. The highest BCUT2D eigenvalue weighted by Crippen LogP contribution is 2.29. The number of sulfonamides is 1. The first-order valence-corrected chi connectivity index (χ1v) is 8.96. The van der Waals surface area contributed by atoms with Crippen LogP contribution in [0.25, 0.3) is 0 Å². The van der Waals surface area contributed by atoms with Crippen molar-refractivity contribution < 1.29 is 12.8 Å². The van der Waals surface area contributed by atoms with Crippen LogP contribution in [0.5, 0.6) is 0 Å². The predicted octanol–water partition coefficient (Wildman–Crippen LogP) is 4.09. The topological polar surface area (TPSA) is 46.2 Å². The number of hydrogen-bond acceptors (Lipinski definition) is 3. The van der Waals surface area contributed by atoms with Crippen LogP contribution in [0.3, 0.4) is 0 Å². The molecule has 0 fully saturated rings. The van der Waals surface area contributed by atoms with Crippen LogP contribution in [0, 0.1) is 12.7 Å². The average molecular weight is 399 g/mol. The Morgan fingerprint density at radius 2 is 2.10 bits per heavy atom. The fourth-order valence-corrected chi connectivity index (χ4v) is 5.24. The molecular weight excluding hydrogens is 389 g/mol. The van der Waals surface area contributed by atoms with E-state index in [9.17, 15) is 12.8 Å². The summed E-state index contributed by atoms with van der Waals surface area (Å²) in [6.07, 6.45) is 0. The van der Waals surface area contributed by atoms with Gasteiger partial charge in [0.05, 0.1) is 13.7 Å². The van der Waals surface area contributed by atoms with Gasteiger partial charge in [0.2, 0.25) is 10.0 Å².